The van der Waals surface area contributed by atoms with Crippen molar-refractivity contribution in [3.8, 4) is 0 Å². The number of nitrogen functional groups attached to an aromatic ring is 1. The molecule has 1 atom stereocenters. The molecule has 2 rings (SSSR count). The number of thioether (sulfide) groups is 1. The number of amides is 1. The Hall–Kier alpha value is -1.64. The van der Waals surface area contributed by atoms with Gasteiger partial charge in [-0.1, -0.05) is 53.4 Å². The summed E-state index contributed by atoms with van der Waals surface area (Å²) in [5.74, 6) is 0.305. The summed E-state index contributed by atoms with van der Waals surface area (Å²) in [5.41, 5.74) is 6.72. The normalized spacial score (nSPS) is 12.3. The van der Waals surface area contributed by atoms with Crippen LogP contribution in [0.2, 0.25) is 0 Å². The van der Waals surface area contributed by atoms with Gasteiger partial charge >= 0.3 is 0 Å². The van der Waals surface area contributed by atoms with Crippen molar-refractivity contribution in [1.29, 1.82) is 0 Å². The Morgan fingerprint density at radius 3 is 2.68 bits per heavy atom. The highest BCUT2D eigenvalue weighted by Gasteiger charge is 2.18. The van der Waals surface area contributed by atoms with E-state index in [-0.39, 0.29) is 11.9 Å². The van der Waals surface area contributed by atoms with Crippen molar-refractivity contribution in [2.75, 3.05) is 32.1 Å². The standard InChI is InChI=1S/C14H19N5OS2/c1-19(2)11(10-6-4-3-5-7-10)8-16-12(20)9-21-14-18-17-13(15)22-14/h3-7,11H,8-9H2,1-2H3,(H2,15,17)(H,16,20)/p+1/t11-/m0/s1. The number of carbonyl (C=O) groups excluding carboxylic acids is 1. The fourth-order valence-electron chi connectivity index (χ4n) is 2.01. The number of nitrogens with two attached hydrogens (primary N) is 1. The number of carbonyl (C=O) groups is 1. The van der Waals surface area contributed by atoms with Crippen LogP contribution in [-0.4, -0.2) is 42.5 Å². The molecule has 0 aliphatic heterocycles. The lowest BCUT2D eigenvalue weighted by molar-refractivity contribution is -0.890. The summed E-state index contributed by atoms with van der Waals surface area (Å²) in [7, 11) is 4.17. The van der Waals surface area contributed by atoms with Gasteiger partial charge in [0.05, 0.1) is 26.4 Å². The molecule has 0 spiro atoms. The summed E-state index contributed by atoms with van der Waals surface area (Å²) in [6, 6.07) is 10.4. The van der Waals surface area contributed by atoms with E-state index in [2.05, 4.69) is 41.7 Å². The Morgan fingerprint density at radius 2 is 2.09 bits per heavy atom. The van der Waals surface area contributed by atoms with Crippen molar-refractivity contribution in [1.82, 2.24) is 15.5 Å². The van der Waals surface area contributed by atoms with Crippen LogP contribution in [0.15, 0.2) is 34.7 Å². The Balaban J connectivity index is 1.83. The number of benzene rings is 1. The summed E-state index contributed by atoms with van der Waals surface area (Å²) >= 11 is 2.64. The molecule has 4 N–H and O–H groups in total. The van der Waals surface area contributed by atoms with E-state index in [1.54, 1.807) is 0 Å². The van der Waals surface area contributed by atoms with Crippen LogP contribution in [0.1, 0.15) is 11.6 Å². The van der Waals surface area contributed by atoms with Gasteiger partial charge in [-0.3, -0.25) is 4.79 Å². The summed E-state index contributed by atoms with van der Waals surface area (Å²) in [5, 5.41) is 11.0. The van der Waals surface area contributed by atoms with Crippen molar-refractivity contribution in [3.05, 3.63) is 35.9 Å². The van der Waals surface area contributed by atoms with E-state index in [1.807, 2.05) is 18.2 Å². The van der Waals surface area contributed by atoms with Gasteiger partial charge in [0, 0.05) is 5.56 Å². The first kappa shape index (κ1) is 16.7. The zero-order chi connectivity index (χ0) is 15.9. The smallest absolute Gasteiger partial charge is 0.230 e. The van der Waals surface area contributed by atoms with E-state index in [0.717, 1.165) is 0 Å². The van der Waals surface area contributed by atoms with Crippen LogP contribution in [0.25, 0.3) is 0 Å². The average Bonchev–Trinajstić information content (AvgIpc) is 2.92. The van der Waals surface area contributed by atoms with E-state index in [4.69, 9.17) is 5.73 Å². The molecule has 0 saturated carbocycles. The second-order valence-corrected chi connectivity index (χ2v) is 7.27. The first-order valence-corrected chi connectivity index (χ1v) is 8.70. The highest BCUT2D eigenvalue weighted by Crippen LogP contribution is 2.22. The van der Waals surface area contributed by atoms with Gasteiger partial charge in [0.25, 0.3) is 0 Å². The Morgan fingerprint density at radius 1 is 1.36 bits per heavy atom. The highest BCUT2D eigenvalue weighted by molar-refractivity contribution is 8.01. The number of likely N-dealkylation sites (N-methyl/N-ethyl adjacent to an activating group) is 1. The number of nitrogens with one attached hydrogen (secondary N) is 2. The zero-order valence-corrected chi connectivity index (χ0v) is 14.2. The molecule has 22 heavy (non-hydrogen) atoms. The number of anilines is 1. The third kappa shape index (κ3) is 4.97. The number of hydrogen-bond acceptors (Lipinski definition) is 6. The molecule has 118 valence electrons. The summed E-state index contributed by atoms with van der Waals surface area (Å²) in [6.07, 6.45) is 0. The second kappa shape index (κ2) is 8.11. The van der Waals surface area contributed by atoms with E-state index < -0.39 is 0 Å². The van der Waals surface area contributed by atoms with Crippen LogP contribution in [0, 0.1) is 0 Å². The molecular weight excluding hydrogens is 318 g/mol. The molecule has 0 radical (unpaired) electrons. The van der Waals surface area contributed by atoms with Crippen LogP contribution in [0.3, 0.4) is 0 Å². The van der Waals surface area contributed by atoms with Gasteiger partial charge in [-0.2, -0.15) is 0 Å². The quantitative estimate of drug-likeness (QED) is 0.629. The van der Waals surface area contributed by atoms with Crippen LogP contribution in [-0.2, 0) is 4.79 Å². The number of nitrogens with zero attached hydrogens (tertiary/aromatic N) is 2. The minimum Gasteiger partial charge on any atom is -0.374 e. The van der Waals surface area contributed by atoms with Crippen LogP contribution < -0.4 is 16.0 Å². The molecule has 1 aromatic heterocycles. The summed E-state index contributed by atoms with van der Waals surface area (Å²) in [4.78, 5) is 13.2. The largest absolute Gasteiger partial charge is 0.374 e. The maximum absolute atomic E-state index is 12.0. The van der Waals surface area contributed by atoms with Gasteiger partial charge in [0.1, 0.15) is 6.04 Å². The van der Waals surface area contributed by atoms with Crippen LogP contribution in [0.5, 0.6) is 0 Å². The van der Waals surface area contributed by atoms with Gasteiger partial charge in [-0.25, -0.2) is 0 Å². The SMILES string of the molecule is C[NH+](C)[C@@H](CNC(=O)CSc1nnc(N)s1)c1ccccc1. The lowest BCUT2D eigenvalue weighted by Crippen LogP contribution is -3.07. The monoisotopic (exact) mass is 338 g/mol. The Labute approximate surface area is 138 Å². The maximum Gasteiger partial charge on any atom is 0.230 e. The number of hydrogen-bond donors (Lipinski definition) is 3. The van der Waals surface area contributed by atoms with E-state index >= 15 is 0 Å². The molecule has 2 aromatic rings. The Bertz CT molecular complexity index is 602. The van der Waals surface area contributed by atoms with Gasteiger partial charge < -0.3 is 16.0 Å². The molecule has 0 aliphatic carbocycles. The lowest BCUT2D eigenvalue weighted by atomic mass is 10.1. The third-order valence-electron chi connectivity index (χ3n) is 3.15. The predicted molar refractivity (Wildman–Crippen MR) is 90.0 cm³/mol. The van der Waals surface area contributed by atoms with Crippen molar-refractivity contribution >= 4 is 34.1 Å². The highest BCUT2D eigenvalue weighted by atomic mass is 32.2. The average molecular weight is 338 g/mol. The van der Waals surface area contributed by atoms with Crippen molar-refractivity contribution in [2.45, 2.75) is 10.4 Å². The predicted octanol–water partition coefficient (Wildman–Crippen LogP) is 0.214. The number of aromatic nitrogens is 2. The van der Waals surface area contributed by atoms with Crippen molar-refractivity contribution in [2.24, 2.45) is 0 Å². The van der Waals surface area contributed by atoms with E-state index in [1.165, 1.54) is 33.6 Å². The number of quaternary nitrogens is 1. The van der Waals surface area contributed by atoms with E-state index in [9.17, 15) is 4.79 Å². The number of rotatable bonds is 7. The molecule has 0 bridgehead atoms. The van der Waals surface area contributed by atoms with Gasteiger partial charge in [-0.15, -0.1) is 10.2 Å². The van der Waals surface area contributed by atoms with Crippen LogP contribution >= 0.6 is 23.1 Å². The first-order valence-electron chi connectivity index (χ1n) is 6.89. The fraction of sp³-hybridized carbons (Fsp3) is 0.357. The molecule has 0 unspecified atom stereocenters. The maximum atomic E-state index is 12.0. The summed E-state index contributed by atoms with van der Waals surface area (Å²) in [6.45, 7) is 0.601. The Kier molecular flexibility index (Phi) is 6.17. The molecule has 1 aromatic carbocycles. The third-order valence-corrected chi connectivity index (χ3v) is 5.04. The molecule has 8 heteroatoms. The molecule has 6 nitrogen and oxygen atoms in total. The summed E-state index contributed by atoms with van der Waals surface area (Å²) < 4.78 is 0.713. The minimum absolute atomic E-state index is 0.0130. The van der Waals surface area contributed by atoms with Crippen molar-refractivity contribution < 1.29 is 9.69 Å². The van der Waals surface area contributed by atoms with Crippen molar-refractivity contribution in [3.63, 3.8) is 0 Å². The second-order valence-electron chi connectivity index (χ2n) is 5.04. The van der Waals surface area contributed by atoms with Gasteiger partial charge in [-0.05, 0) is 0 Å². The van der Waals surface area contributed by atoms with E-state index in [0.29, 0.717) is 21.8 Å². The lowest BCUT2D eigenvalue weighted by Gasteiger charge is -2.22. The van der Waals surface area contributed by atoms with Gasteiger partial charge in [0.15, 0.2) is 4.34 Å². The molecule has 1 amide bonds. The minimum atomic E-state index is -0.0130. The fourth-order valence-corrected chi connectivity index (χ4v) is 3.48. The van der Waals surface area contributed by atoms with Gasteiger partial charge in [0.2, 0.25) is 11.0 Å². The first-order chi connectivity index (χ1) is 10.6. The zero-order valence-electron chi connectivity index (χ0n) is 12.6. The molecule has 0 saturated heterocycles. The molecule has 1 heterocycles. The van der Waals surface area contributed by atoms with Crippen LogP contribution in [0.4, 0.5) is 5.13 Å². The molecule has 0 aliphatic rings. The molecule has 0 fully saturated rings. The topological polar surface area (TPSA) is 85.3 Å². The molecular formula is C14H20N5OS2+.